The Morgan fingerprint density at radius 3 is 2.48 bits per heavy atom. The van der Waals surface area contributed by atoms with Crippen LogP contribution in [0.15, 0.2) is 0 Å². The van der Waals surface area contributed by atoms with Crippen LogP contribution in [0.2, 0.25) is 0 Å². The molecule has 1 aromatic heterocycles. The number of nitrogens with zero attached hydrogens (tertiary/aromatic N) is 6. The summed E-state index contributed by atoms with van der Waals surface area (Å²) in [6, 6.07) is -0.187. The van der Waals surface area contributed by atoms with Crippen molar-refractivity contribution < 1.29 is 9.59 Å². The zero-order valence-corrected chi connectivity index (χ0v) is 19.4. The fourth-order valence-electron chi connectivity index (χ4n) is 4.74. The van der Waals surface area contributed by atoms with E-state index in [1.165, 1.54) is 24.3 Å². The van der Waals surface area contributed by atoms with Crippen LogP contribution in [0, 0.1) is 0 Å². The van der Waals surface area contributed by atoms with Gasteiger partial charge in [0.25, 0.3) is 0 Å². The summed E-state index contributed by atoms with van der Waals surface area (Å²) < 4.78 is 0. The topological polar surface area (TPSA) is 84.9 Å². The van der Waals surface area contributed by atoms with E-state index in [0.29, 0.717) is 24.6 Å². The lowest BCUT2D eigenvalue weighted by molar-refractivity contribution is -0.122. The first-order chi connectivity index (χ1) is 15.2. The first-order valence-electron chi connectivity index (χ1n) is 11.8. The quantitative estimate of drug-likeness (QED) is 0.567. The molecular formula is C21H35N7O2S. The summed E-state index contributed by atoms with van der Waals surface area (Å²) in [7, 11) is 0. The Labute approximate surface area is 188 Å². The normalized spacial score (nSPS) is 23.1. The molecule has 0 bridgehead atoms. The number of hydrogen-bond donors (Lipinski definition) is 1. The Kier molecular flexibility index (Phi) is 7.73. The van der Waals surface area contributed by atoms with Crippen molar-refractivity contribution in [2.75, 3.05) is 68.7 Å². The minimum absolute atomic E-state index is 0.0827. The third kappa shape index (κ3) is 5.53. The Morgan fingerprint density at radius 2 is 1.77 bits per heavy atom. The molecule has 1 atom stereocenters. The summed E-state index contributed by atoms with van der Waals surface area (Å²) in [6.45, 7) is 11.3. The van der Waals surface area contributed by atoms with E-state index in [9.17, 15) is 9.59 Å². The molecule has 2 amide bonds. The van der Waals surface area contributed by atoms with Gasteiger partial charge in [-0.15, -0.1) is 10.2 Å². The van der Waals surface area contributed by atoms with E-state index in [-0.39, 0.29) is 17.9 Å². The number of amides is 2. The number of piperazine rings is 1. The summed E-state index contributed by atoms with van der Waals surface area (Å²) >= 11 is 1.42. The van der Waals surface area contributed by atoms with Crippen molar-refractivity contribution >= 4 is 33.4 Å². The maximum absolute atomic E-state index is 12.8. The highest BCUT2D eigenvalue weighted by atomic mass is 32.1. The maximum Gasteiger partial charge on any atom is 0.242 e. The van der Waals surface area contributed by atoms with Crippen LogP contribution >= 0.6 is 11.3 Å². The fourth-order valence-corrected chi connectivity index (χ4v) is 5.70. The average Bonchev–Trinajstić information content (AvgIpc) is 3.52. The van der Waals surface area contributed by atoms with Crippen molar-refractivity contribution in [1.82, 2.24) is 25.3 Å². The number of hydrogen-bond acceptors (Lipinski definition) is 8. The summed E-state index contributed by atoms with van der Waals surface area (Å²) in [5.74, 6) is 0.199. The number of anilines is 2. The molecule has 0 spiro atoms. The first-order valence-corrected chi connectivity index (χ1v) is 12.6. The van der Waals surface area contributed by atoms with Gasteiger partial charge in [0.05, 0.1) is 0 Å². The lowest BCUT2D eigenvalue weighted by Gasteiger charge is -2.34. The van der Waals surface area contributed by atoms with E-state index in [2.05, 4.69) is 37.1 Å². The molecule has 10 heteroatoms. The Hall–Kier alpha value is -1.78. The van der Waals surface area contributed by atoms with Crippen molar-refractivity contribution in [3.8, 4) is 0 Å². The third-order valence-electron chi connectivity index (χ3n) is 6.46. The third-order valence-corrected chi connectivity index (χ3v) is 7.45. The summed E-state index contributed by atoms with van der Waals surface area (Å²) in [4.78, 5) is 33.6. The van der Waals surface area contributed by atoms with Crippen molar-refractivity contribution in [1.29, 1.82) is 0 Å². The van der Waals surface area contributed by atoms with Crippen LogP contribution in [0.25, 0.3) is 0 Å². The Bertz CT molecular complexity index is 750. The summed E-state index contributed by atoms with van der Waals surface area (Å²) in [5, 5.41) is 13.1. The SMILES string of the molecule is CCCN1CCN(CCCNC(=O)[C@@H]2CCCN2c2nnc(N3CCCC3=O)s2)CC1. The molecule has 0 aromatic carbocycles. The lowest BCUT2D eigenvalue weighted by Crippen LogP contribution is -2.47. The molecule has 4 heterocycles. The van der Waals surface area contributed by atoms with Gasteiger partial charge in [0.1, 0.15) is 6.04 Å². The van der Waals surface area contributed by atoms with Gasteiger partial charge in [-0.3, -0.25) is 14.5 Å². The van der Waals surface area contributed by atoms with Gasteiger partial charge in [0, 0.05) is 52.2 Å². The van der Waals surface area contributed by atoms with Crippen molar-refractivity contribution in [2.24, 2.45) is 0 Å². The predicted molar refractivity (Wildman–Crippen MR) is 123 cm³/mol. The largest absolute Gasteiger partial charge is 0.354 e. The van der Waals surface area contributed by atoms with Crippen molar-refractivity contribution in [3.63, 3.8) is 0 Å². The van der Waals surface area contributed by atoms with E-state index in [1.807, 2.05) is 0 Å². The van der Waals surface area contributed by atoms with E-state index >= 15 is 0 Å². The first kappa shape index (κ1) is 22.4. The van der Waals surface area contributed by atoms with Crippen molar-refractivity contribution in [3.05, 3.63) is 0 Å². The molecule has 1 aromatic rings. The molecule has 1 N–H and O–H groups in total. The van der Waals surface area contributed by atoms with E-state index in [0.717, 1.165) is 70.1 Å². The van der Waals surface area contributed by atoms with Gasteiger partial charge in [0.15, 0.2) is 0 Å². The van der Waals surface area contributed by atoms with Crippen LogP contribution in [0.5, 0.6) is 0 Å². The Morgan fingerprint density at radius 1 is 1.03 bits per heavy atom. The Balaban J connectivity index is 1.21. The standard InChI is InChI=1S/C21H35N7O2S/c1-2-9-25-13-15-26(16-14-25)10-5-8-22-19(30)17-6-3-11-27(17)20-23-24-21(31-20)28-12-4-7-18(28)29/h17H,2-16H2,1H3,(H,22,30)/t17-/m0/s1. The number of carbonyl (C=O) groups is 2. The molecule has 0 aliphatic carbocycles. The second-order valence-corrected chi connectivity index (χ2v) is 9.63. The van der Waals surface area contributed by atoms with Gasteiger partial charge in [-0.05, 0) is 45.2 Å². The monoisotopic (exact) mass is 449 g/mol. The average molecular weight is 450 g/mol. The molecule has 0 radical (unpaired) electrons. The molecule has 31 heavy (non-hydrogen) atoms. The van der Waals surface area contributed by atoms with Crippen LogP contribution < -0.4 is 15.1 Å². The van der Waals surface area contributed by atoms with E-state index in [1.54, 1.807) is 4.90 Å². The van der Waals surface area contributed by atoms with Gasteiger partial charge in [-0.1, -0.05) is 18.3 Å². The number of aromatic nitrogens is 2. The summed E-state index contributed by atoms with van der Waals surface area (Å²) in [5.41, 5.74) is 0. The van der Waals surface area contributed by atoms with Crippen LogP contribution in [-0.2, 0) is 9.59 Å². The zero-order chi connectivity index (χ0) is 21.6. The molecule has 3 aliphatic rings. The second kappa shape index (κ2) is 10.7. The van der Waals surface area contributed by atoms with E-state index in [4.69, 9.17) is 0 Å². The molecule has 0 saturated carbocycles. The molecule has 3 aliphatic heterocycles. The fraction of sp³-hybridized carbons (Fsp3) is 0.810. The van der Waals surface area contributed by atoms with Crippen LogP contribution in [0.3, 0.4) is 0 Å². The minimum Gasteiger partial charge on any atom is -0.354 e. The van der Waals surface area contributed by atoms with Gasteiger partial charge in [-0.25, -0.2) is 0 Å². The maximum atomic E-state index is 12.8. The number of rotatable bonds is 9. The van der Waals surface area contributed by atoms with Crippen LogP contribution in [0.1, 0.15) is 45.4 Å². The zero-order valence-electron chi connectivity index (χ0n) is 18.6. The van der Waals surface area contributed by atoms with Gasteiger partial charge >= 0.3 is 0 Å². The van der Waals surface area contributed by atoms with E-state index < -0.39 is 0 Å². The lowest BCUT2D eigenvalue weighted by atomic mass is 10.2. The molecule has 9 nitrogen and oxygen atoms in total. The number of nitrogens with one attached hydrogen (secondary N) is 1. The number of carbonyl (C=O) groups excluding carboxylic acids is 2. The smallest absolute Gasteiger partial charge is 0.242 e. The molecule has 3 saturated heterocycles. The highest BCUT2D eigenvalue weighted by molar-refractivity contribution is 7.19. The second-order valence-electron chi connectivity index (χ2n) is 8.70. The highest BCUT2D eigenvalue weighted by Crippen LogP contribution is 2.33. The molecular weight excluding hydrogens is 414 g/mol. The molecule has 0 unspecified atom stereocenters. The van der Waals surface area contributed by atoms with Gasteiger partial charge < -0.3 is 20.0 Å². The summed E-state index contributed by atoms with van der Waals surface area (Å²) in [6.07, 6.45) is 5.46. The van der Waals surface area contributed by atoms with Gasteiger partial charge in [-0.2, -0.15) is 0 Å². The molecule has 172 valence electrons. The van der Waals surface area contributed by atoms with Crippen molar-refractivity contribution in [2.45, 2.75) is 51.5 Å². The van der Waals surface area contributed by atoms with Gasteiger partial charge in [0.2, 0.25) is 22.1 Å². The highest BCUT2D eigenvalue weighted by Gasteiger charge is 2.34. The van der Waals surface area contributed by atoms with Crippen LogP contribution in [0.4, 0.5) is 10.3 Å². The molecule has 3 fully saturated rings. The molecule has 4 rings (SSSR count). The minimum atomic E-state index is -0.187. The predicted octanol–water partition coefficient (Wildman–Crippen LogP) is 1.17. The van der Waals surface area contributed by atoms with Crippen LogP contribution in [-0.4, -0.2) is 96.8 Å².